The number of carbonyl (C=O) groups is 1. The van der Waals surface area contributed by atoms with E-state index in [0.29, 0.717) is 6.42 Å². The molecular formula is C15H27N3O. The predicted molar refractivity (Wildman–Crippen MR) is 77.9 cm³/mol. The first-order valence-corrected chi connectivity index (χ1v) is 7.58. The van der Waals surface area contributed by atoms with E-state index >= 15 is 0 Å². The fourth-order valence-corrected chi connectivity index (χ4v) is 2.07. The number of amides is 1. The van der Waals surface area contributed by atoms with Crippen LogP contribution in [0.2, 0.25) is 0 Å². The first-order chi connectivity index (χ1) is 9.33. The monoisotopic (exact) mass is 265 g/mol. The molecule has 1 heterocycles. The van der Waals surface area contributed by atoms with E-state index in [1.165, 1.54) is 32.1 Å². The Bertz CT molecular complexity index is 322. The molecule has 0 aliphatic rings. The summed E-state index contributed by atoms with van der Waals surface area (Å²) in [6.07, 6.45) is 13.5. The van der Waals surface area contributed by atoms with Crippen molar-refractivity contribution in [1.29, 1.82) is 0 Å². The van der Waals surface area contributed by atoms with Crippen LogP contribution in [0.1, 0.15) is 64.1 Å². The molecule has 4 heteroatoms. The highest BCUT2D eigenvalue weighted by atomic mass is 16.1. The van der Waals surface area contributed by atoms with Crippen LogP contribution in [0.3, 0.4) is 0 Å². The van der Waals surface area contributed by atoms with E-state index < -0.39 is 0 Å². The van der Waals surface area contributed by atoms with Crippen LogP contribution in [0.4, 0.5) is 0 Å². The maximum absolute atomic E-state index is 11.6. The second-order valence-corrected chi connectivity index (χ2v) is 5.01. The van der Waals surface area contributed by atoms with Crippen molar-refractivity contribution in [2.24, 2.45) is 0 Å². The quantitative estimate of drug-likeness (QED) is 0.604. The third-order valence-electron chi connectivity index (χ3n) is 3.22. The molecular weight excluding hydrogens is 238 g/mol. The first-order valence-electron chi connectivity index (χ1n) is 7.58. The molecule has 0 spiro atoms. The molecule has 0 radical (unpaired) electrons. The van der Waals surface area contributed by atoms with Gasteiger partial charge < -0.3 is 10.3 Å². The van der Waals surface area contributed by atoms with Crippen LogP contribution in [0.15, 0.2) is 12.4 Å². The number of aromatic nitrogens is 2. The number of H-pyrrole nitrogens is 1. The molecule has 4 nitrogen and oxygen atoms in total. The summed E-state index contributed by atoms with van der Waals surface area (Å²) in [6.45, 7) is 2.96. The normalized spacial score (nSPS) is 10.6. The summed E-state index contributed by atoms with van der Waals surface area (Å²) < 4.78 is 0. The van der Waals surface area contributed by atoms with Crippen LogP contribution in [-0.4, -0.2) is 22.4 Å². The van der Waals surface area contributed by atoms with Crippen LogP contribution < -0.4 is 5.32 Å². The van der Waals surface area contributed by atoms with Gasteiger partial charge in [0.05, 0.1) is 0 Å². The highest BCUT2D eigenvalue weighted by molar-refractivity contribution is 5.75. The summed E-state index contributed by atoms with van der Waals surface area (Å²) in [7, 11) is 0. The molecule has 0 aliphatic heterocycles. The average Bonchev–Trinajstić information content (AvgIpc) is 2.92. The van der Waals surface area contributed by atoms with E-state index in [0.717, 1.165) is 31.6 Å². The predicted octanol–water partition coefficient (Wildman–Crippen LogP) is 3.21. The molecule has 108 valence electrons. The van der Waals surface area contributed by atoms with Gasteiger partial charge in [-0.3, -0.25) is 4.79 Å². The van der Waals surface area contributed by atoms with Crippen LogP contribution >= 0.6 is 0 Å². The Morgan fingerprint density at radius 2 is 2.00 bits per heavy atom. The number of aryl methyl sites for hydroxylation is 1. The third kappa shape index (κ3) is 8.41. The van der Waals surface area contributed by atoms with Crippen molar-refractivity contribution in [3.8, 4) is 0 Å². The minimum atomic E-state index is 0.190. The lowest BCUT2D eigenvalue weighted by molar-refractivity contribution is -0.121. The van der Waals surface area contributed by atoms with Crippen LogP contribution in [0.5, 0.6) is 0 Å². The number of rotatable bonds is 11. The maximum Gasteiger partial charge on any atom is 0.219 e. The van der Waals surface area contributed by atoms with Crippen molar-refractivity contribution in [1.82, 2.24) is 15.3 Å². The summed E-state index contributed by atoms with van der Waals surface area (Å²) in [6, 6.07) is 0. The van der Waals surface area contributed by atoms with E-state index in [4.69, 9.17) is 0 Å². The molecule has 1 rings (SSSR count). The number of nitrogens with one attached hydrogen (secondary N) is 2. The van der Waals surface area contributed by atoms with Gasteiger partial charge in [-0.1, -0.05) is 39.0 Å². The molecule has 0 atom stereocenters. The number of aromatic amines is 1. The van der Waals surface area contributed by atoms with Crippen molar-refractivity contribution >= 4 is 5.91 Å². The molecule has 0 unspecified atom stereocenters. The highest BCUT2D eigenvalue weighted by Crippen LogP contribution is 2.06. The fraction of sp³-hybridized carbons (Fsp3) is 0.733. The topological polar surface area (TPSA) is 57.8 Å². The van der Waals surface area contributed by atoms with Gasteiger partial charge >= 0.3 is 0 Å². The van der Waals surface area contributed by atoms with Crippen LogP contribution in [0.25, 0.3) is 0 Å². The zero-order valence-corrected chi connectivity index (χ0v) is 12.1. The first kappa shape index (κ1) is 15.7. The summed E-state index contributed by atoms with van der Waals surface area (Å²) in [5.74, 6) is 1.18. The van der Waals surface area contributed by atoms with Gasteiger partial charge in [-0.15, -0.1) is 0 Å². The second kappa shape index (κ2) is 10.6. The van der Waals surface area contributed by atoms with Crippen molar-refractivity contribution in [2.45, 2.75) is 64.7 Å². The van der Waals surface area contributed by atoms with Crippen molar-refractivity contribution in [3.63, 3.8) is 0 Å². The lowest BCUT2D eigenvalue weighted by atomic mass is 10.1. The van der Waals surface area contributed by atoms with Gasteiger partial charge in [-0.2, -0.15) is 0 Å². The van der Waals surface area contributed by atoms with E-state index in [1.807, 2.05) is 6.20 Å². The number of nitrogens with zero attached hydrogens (tertiary/aromatic N) is 1. The van der Waals surface area contributed by atoms with Crippen LogP contribution in [0, 0.1) is 0 Å². The van der Waals surface area contributed by atoms with Crippen molar-refractivity contribution < 1.29 is 4.79 Å². The molecule has 0 aliphatic carbocycles. The van der Waals surface area contributed by atoms with Gasteiger partial charge in [0.15, 0.2) is 0 Å². The van der Waals surface area contributed by atoms with Crippen molar-refractivity contribution in [2.75, 3.05) is 6.54 Å². The lowest BCUT2D eigenvalue weighted by Crippen LogP contribution is -2.24. The van der Waals surface area contributed by atoms with Gasteiger partial charge in [0.1, 0.15) is 5.82 Å². The Hall–Kier alpha value is -1.32. The van der Waals surface area contributed by atoms with Crippen molar-refractivity contribution in [3.05, 3.63) is 18.2 Å². The Morgan fingerprint density at radius 1 is 1.21 bits per heavy atom. The Balaban J connectivity index is 1.88. The summed E-state index contributed by atoms with van der Waals surface area (Å²) in [5, 5.41) is 2.97. The number of carbonyl (C=O) groups excluding carboxylic acids is 1. The number of hydrogen-bond acceptors (Lipinski definition) is 2. The Morgan fingerprint density at radius 3 is 2.74 bits per heavy atom. The summed E-state index contributed by atoms with van der Waals surface area (Å²) >= 11 is 0. The summed E-state index contributed by atoms with van der Waals surface area (Å²) in [5.41, 5.74) is 0. The summed E-state index contributed by atoms with van der Waals surface area (Å²) in [4.78, 5) is 18.8. The standard InChI is InChI=1S/C15H27N3O/c1-2-3-4-5-6-7-10-15(19)18-11-8-9-14-16-12-13-17-14/h12-13H,2-11H2,1H3,(H,16,17)(H,18,19). The second-order valence-electron chi connectivity index (χ2n) is 5.01. The van der Waals surface area contributed by atoms with E-state index in [2.05, 4.69) is 22.2 Å². The fourth-order valence-electron chi connectivity index (χ4n) is 2.07. The zero-order chi connectivity index (χ0) is 13.8. The highest BCUT2D eigenvalue weighted by Gasteiger charge is 2.01. The Labute approximate surface area is 116 Å². The molecule has 0 fully saturated rings. The smallest absolute Gasteiger partial charge is 0.219 e. The Kier molecular flexibility index (Phi) is 8.77. The largest absolute Gasteiger partial charge is 0.356 e. The third-order valence-corrected chi connectivity index (χ3v) is 3.22. The average molecular weight is 265 g/mol. The van der Waals surface area contributed by atoms with Gasteiger partial charge in [-0.05, 0) is 12.8 Å². The lowest BCUT2D eigenvalue weighted by Gasteiger charge is -2.04. The van der Waals surface area contributed by atoms with Gasteiger partial charge in [0.2, 0.25) is 5.91 Å². The molecule has 0 saturated carbocycles. The molecule has 2 N–H and O–H groups in total. The van der Waals surface area contributed by atoms with Gasteiger partial charge in [0.25, 0.3) is 0 Å². The minimum absolute atomic E-state index is 0.190. The molecule has 0 saturated heterocycles. The molecule has 1 amide bonds. The van der Waals surface area contributed by atoms with E-state index in [1.54, 1.807) is 6.20 Å². The molecule has 19 heavy (non-hydrogen) atoms. The van der Waals surface area contributed by atoms with Gasteiger partial charge in [0, 0.05) is 31.8 Å². The molecule has 1 aromatic heterocycles. The number of imidazole rings is 1. The SMILES string of the molecule is CCCCCCCCC(=O)NCCCc1ncc[nH]1. The zero-order valence-electron chi connectivity index (χ0n) is 12.1. The number of unbranched alkanes of at least 4 members (excludes halogenated alkanes) is 5. The molecule has 0 aromatic carbocycles. The minimum Gasteiger partial charge on any atom is -0.356 e. The van der Waals surface area contributed by atoms with Crippen LogP contribution in [-0.2, 0) is 11.2 Å². The van der Waals surface area contributed by atoms with Gasteiger partial charge in [-0.25, -0.2) is 4.98 Å². The molecule has 1 aromatic rings. The number of hydrogen-bond donors (Lipinski definition) is 2. The van der Waals surface area contributed by atoms with E-state index in [-0.39, 0.29) is 5.91 Å². The van der Waals surface area contributed by atoms with E-state index in [9.17, 15) is 4.79 Å². The maximum atomic E-state index is 11.6. The molecule has 0 bridgehead atoms.